The molecule has 3 aromatic carbocycles. The molecule has 0 radical (unpaired) electrons. The van der Waals surface area contributed by atoms with Crippen molar-refractivity contribution in [2.45, 2.75) is 6.42 Å². The predicted octanol–water partition coefficient (Wildman–Crippen LogP) is 5.22. The Kier molecular flexibility index (Phi) is 6.16. The number of nitrogens with one attached hydrogen (secondary N) is 1. The van der Waals surface area contributed by atoms with Gasteiger partial charge in [0, 0.05) is 17.5 Å². The molecule has 0 unspecified atom stereocenters. The normalized spacial score (nSPS) is 11.1. The maximum Gasteiger partial charge on any atom is 0.301 e. The van der Waals surface area contributed by atoms with Gasteiger partial charge in [0.2, 0.25) is 0 Å². The van der Waals surface area contributed by atoms with Crippen molar-refractivity contribution in [1.82, 2.24) is 0 Å². The molecule has 0 heterocycles. The highest BCUT2D eigenvalue weighted by molar-refractivity contribution is 6.30. The second-order valence-electron chi connectivity index (χ2n) is 6.06. The third-order valence-corrected chi connectivity index (χ3v) is 4.34. The van der Waals surface area contributed by atoms with Crippen LogP contribution in [0.5, 0.6) is 0 Å². The summed E-state index contributed by atoms with van der Waals surface area (Å²) in [6, 6.07) is 20.0. The number of hydrazone groups is 1. The van der Waals surface area contributed by atoms with Crippen molar-refractivity contribution < 1.29 is 9.85 Å². The van der Waals surface area contributed by atoms with Crippen LogP contribution in [0.2, 0.25) is 5.02 Å². The molecule has 3 rings (SSSR count). The molecule has 0 aliphatic rings. The standard InChI is InChI=1S/C20H15ClN4O4/c21-16-8-6-15(7-9-16)19(12-14-4-2-1-3-5-14)23-22-18-11-10-17(24(26)27)13-20(18)25(28)29/h1-11,13,22H,12H2. The average Bonchev–Trinajstić information content (AvgIpc) is 2.72. The van der Waals surface area contributed by atoms with Gasteiger partial charge < -0.3 is 0 Å². The molecule has 0 aromatic heterocycles. The quantitative estimate of drug-likeness (QED) is 0.326. The van der Waals surface area contributed by atoms with Crippen LogP contribution in [0.25, 0.3) is 0 Å². The number of benzene rings is 3. The van der Waals surface area contributed by atoms with Crippen molar-refractivity contribution >= 4 is 34.4 Å². The summed E-state index contributed by atoms with van der Waals surface area (Å²) in [6.45, 7) is 0. The van der Waals surface area contributed by atoms with Gasteiger partial charge in [-0.3, -0.25) is 25.7 Å². The maximum atomic E-state index is 11.3. The van der Waals surface area contributed by atoms with Gasteiger partial charge in [-0.15, -0.1) is 0 Å². The number of nitro groups is 2. The Balaban J connectivity index is 1.97. The highest BCUT2D eigenvalue weighted by Gasteiger charge is 2.19. The lowest BCUT2D eigenvalue weighted by atomic mass is 10.0. The van der Waals surface area contributed by atoms with E-state index in [9.17, 15) is 20.2 Å². The molecule has 0 atom stereocenters. The van der Waals surface area contributed by atoms with Gasteiger partial charge in [0.15, 0.2) is 0 Å². The van der Waals surface area contributed by atoms with E-state index < -0.39 is 15.5 Å². The molecule has 8 nitrogen and oxygen atoms in total. The van der Waals surface area contributed by atoms with Crippen LogP contribution in [0.1, 0.15) is 11.1 Å². The van der Waals surface area contributed by atoms with Crippen LogP contribution in [-0.4, -0.2) is 15.6 Å². The lowest BCUT2D eigenvalue weighted by Crippen LogP contribution is -2.09. The fourth-order valence-corrected chi connectivity index (χ4v) is 2.77. The summed E-state index contributed by atoms with van der Waals surface area (Å²) in [7, 11) is 0. The number of nitro benzene ring substituents is 2. The van der Waals surface area contributed by atoms with Crippen LogP contribution in [0, 0.1) is 20.2 Å². The van der Waals surface area contributed by atoms with Crippen molar-refractivity contribution in [3.8, 4) is 0 Å². The van der Waals surface area contributed by atoms with Crippen LogP contribution < -0.4 is 5.43 Å². The van der Waals surface area contributed by atoms with Crippen molar-refractivity contribution in [2.75, 3.05) is 5.43 Å². The summed E-state index contributed by atoms with van der Waals surface area (Å²) in [4.78, 5) is 20.8. The average molecular weight is 411 g/mol. The first-order chi connectivity index (χ1) is 13.9. The van der Waals surface area contributed by atoms with Gasteiger partial charge in [-0.2, -0.15) is 5.10 Å². The largest absolute Gasteiger partial charge is 0.301 e. The first-order valence-corrected chi connectivity index (χ1v) is 8.87. The minimum atomic E-state index is -0.690. The lowest BCUT2D eigenvalue weighted by Gasteiger charge is -2.09. The molecule has 0 saturated heterocycles. The van der Waals surface area contributed by atoms with Gasteiger partial charge in [0.25, 0.3) is 5.69 Å². The van der Waals surface area contributed by atoms with Crippen molar-refractivity contribution in [3.05, 3.63) is 109 Å². The lowest BCUT2D eigenvalue weighted by molar-refractivity contribution is -0.393. The molecule has 9 heteroatoms. The Labute approximate surface area is 170 Å². The van der Waals surface area contributed by atoms with Crippen molar-refractivity contribution in [1.29, 1.82) is 0 Å². The molecule has 0 bridgehead atoms. The Morgan fingerprint density at radius 3 is 2.24 bits per heavy atom. The molecule has 0 amide bonds. The van der Waals surface area contributed by atoms with Gasteiger partial charge in [-0.1, -0.05) is 54.1 Å². The Bertz CT molecular complexity index is 1070. The zero-order valence-corrected chi connectivity index (χ0v) is 15.7. The van der Waals surface area contributed by atoms with Crippen LogP contribution in [0.3, 0.4) is 0 Å². The number of hydrogen-bond donors (Lipinski definition) is 1. The highest BCUT2D eigenvalue weighted by Crippen LogP contribution is 2.29. The van der Waals surface area contributed by atoms with Gasteiger partial charge in [-0.25, -0.2) is 0 Å². The highest BCUT2D eigenvalue weighted by atomic mass is 35.5. The van der Waals surface area contributed by atoms with E-state index in [1.807, 2.05) is 30.3 Å². The summed E-state index contributed by atoms with van der Waals surface area (Å²) in [6.07, 6.45) is 0.469. The number of rotatable bonds is 7. The zero-order valence-electron chi connectivity index (χ0n) is 15.0. The van der Waals surface area contributed by atoms with Crippen molar-refractivity contribution in [3.63, 3.8) is 0 Å². The third kappa shape index (κ3) is 5.14. The van der Waals surface area contributed by atoms with E-state index in [1.54, 1.807) is 24.3 Å². The van der Waals surface area contributed by atoms with E-state index in [0.717, 1.165) is 17.2 Å². The van der Waals surface area contributed by atoms with Gasteiger partial charge in [-0.05, 0) is 29.3 Å². The molecule has 0 aliphatic heterocycles. The molecule has 0 fully saturated rings. The van der Waals surface area contributed by atoms with Crippen LogP contribution in [-0.2, 0) is 6.42 Å². The van der Waals surface area contributed by atoms with E-state index in [-0.39, 0.29) is 11.4 Å². The van der Waals surface area contributed by atoms with Crippen LogP contribution in [0.15, 0.2) is 77.9 Å². The van der Waals surface area contributed by atoms with E-state index in [1.165, 1.54) is 12.1 Å². The zero-order chi connectivity index (χ0) is 20.8. The Morgan fingerprint density at radius 1 is 0.931 bits per heavy atom. The van der Waals surface area contributed by atoms with Gasteiger partial charge in [0.1, 0.15) is 5.69 Å². The van der Waals surface area contributed by atoms with E-state index in [2.05, 4.69) is 10.5 Å². The summed E-state index contributed by atoms with van der Waals surface area (Å²) in [5.41, 5.74) is 4.36. The number of anilines is 1. The van der Waals surface area contributed by atoms with E-state index >= 15 is 0 Å². The number of hydrogen-bond acceptors (Lipinski definition) is 6. The van der Waals surface area contributed by atoms with E-state index in [4.69, 9.17) is 11.6 Å². The molecule has 29 heavy (non-hydrogen) atoms. The number of halogens is 1. The molecule has 0 spiro atoms. The Morgan fingerprint density at radius 2 is 1.62 bits per heavy atom. The molecule has 1 N–H and O–H groups in total. The smallest absolute Gasteiger partial charge is 0.271 e. The second-order valence-corrected chi connectivity index (χ2v) is 6.49. The van der Waals surface area contributed by atoms with Crippen LogP contribution in [0.4, 0.5) is 17.1 Å². The maximum absolute atomic E-state index is 11.3. The summed E-state index contributed by atoms with van der Waals surface area (Å²) in [5.74, 6) is 0. The van der Waals surface area contributed by atoms with E-state index in [0.29, 0.717) is 17.2 Å². The first-order valence-electron chi connectivity index (χ1n) is 8.49. The molecular weight excluding hydrogens is 396 g/mol. The minimum absolute atomic E-state index is 0.0557. The minimum Gasteiger partial charge on any atom is -0.271 e. The number of nitrogens with zero attached hydrogens (tertiary/aromatic N) is 3. The van der Waals surface area contributed by atoms with Gasteiger partial charge >= 0.3 is 5.69 Å². The molecule has 0 aliphatic carbocycles. The fraction of sp³-hybridized carbons (Fsp3) is 0.0500. The second kappa shape index (κ2) is 8.94. The topological polar surface area (TPSA) is 111 Å². The van der Waals surface area contributed by atoms with Gasteiger partial charge in [0.05, 0.1) is 21.6 Å². The SMILES string of the molecule is O=[N+]([O-])c1ccc(NN=C(Cc2ccccc2)c2ccc(Cl)cc2)c([N+](=O)[O-])c1. The first kappa shape index (κ1) is 20.0. The monoisotopic (exact) mass is 410 g/mol. The van der Waals surface area contributed by atoms with Crippen LogP contribution >= 0.6 is 11.6 Å². The molecule has 0 saturated carbocycles. The number of non-ortho nitro benzene ring substituents is 1. The molecule has 3 aromatic rings. The fourth-order valence-electron chi connectivity index (χ4n) is 2.64. The van der Waals surface area contributed by atoms with Crippen molar-refractivity contribution in [2.24, 2.45) is 5.10 Å². The third-order valence-electron chi connectivity index (χ3n) is 4.09. The molecule has 146 valence electrons. The molecular formula is C20H15ClN4O4. The summed E-state index contributed by atoms with van der Waals surface area (Å²) < 4.78 is 0. The summed E-state index contributed by atoms with van der Waals surface area (Å²) in [5, 5.41) is 27.1. The Hall–Kier alpha value is -3.78. The summed E-state index contributed by atoms with van der Waals surface area (Å²) >= 11 is 5.96. The predicted molar refractivity (Wildman–Crippen MR) is 112 cm³/mol.